The molecule has 128 valence electrons. The molecule has 0 saturated heterocycles. The van der Waals surface area contributed by atoms with Crippen molar-refractivity contribution in [2.24, 2.45) is 5.92 Å². The number of benzene rings is 1. The van der Waals surface area contributed by atoms with E-state index in [1.165, 1.54) is 0 Å². The van der Waals surface area contributed by atoms with Crippen LogP contribution in [-0.4, -0.2) is 33.5 Å². The monoisotopic (exact) mass is 347 g/mol. The van der Waals surface area contributed by atoms with Crippen LogP contribution in [0.1, 0.15) is 39.0 Å². The quantitative estimate of drug-likeness (QED) is 0.760. The van der Waals surface area contributed by atoms with Crippen molar-refractivity contribution in [3.05, 3.63) is 35.2 Å². The summed E-state index contributed by atoms with van der Waals surface area (Å²) in [5, 5.41) is 4.69. The lowest BCUT2D eigenvalue weighted by molar-refractivity contribution is -0.134. The number of halogens is 1. The van der Waals surface area contributed by atoms with Gasteiger partial charge in [0.1, 0.15) is 0 Å². The van der Waals surface area contributed by atoms with Crippen LogP contribution in [0, 0.1) is 5.92 Å². The highest BCUT2D eigenvalue weighted by molar-refractivity contribution is 6.30. The second kappa shape index (κ2) is 7.34. The number of carbonyl (C=O) groups excluding carboxylic acids is 1. The summed E-state index contributed by atoms with van der Waals surface area (Å²) in [6.07, 6.45) is 3.56. The Kier molecular flexibility index (Phi) is 5.19. The molecule has 1 amide bonds. The zero-order chi connectivity index (χ0) is 17.1. The van der Waals surface area contributed by atoms with Crippen LogP contribution in [0.15, 0.2) is 28.8 Å². The van der Waals surface area contributed by atoms with Gasteiger partial charge >= 0.3 is 0 Å². The second-order valence-corrected chi connectivity index (χ2v) is 6.77. The third kappa shape index (κ3) is 3.96. The molecule has 0 aliphatic heterocycles. The molecule has 1 aromatic carbocycles. The van der Waals surface area contributed by atoms with Gasteiger partial charge in [-0.2, -0.15) is 4.98 Å². The van der Waals surface area contributed by atoms with E-state index in [0.717, 1.165) is 24.8 Å². The Balaban J connectivity index is 1.64. The lowest BCUT2D eigenvalue weighted by atomic mass is 10.2. The molecule has 0 N–H and O–H groups in total. The van der Waals surface area contributed by atoms with Crippen LogP contribution in [0.4, 0.5) is 0 Å². The van der Waals surface area contributed by atoms with Crippen molar-refractivity contribution in [1.29, 1.82) is 0 Å². The van der Waals surface area contributed by atoms with Gasteiger partial charge in [-0.15, -0.1) is 0 Å². The van der Waals surface area contributed by atoms with Crippen LogP contribution in [-0.2, 0) is 11.2 Å². The predicted molar refractivity (Wildman–Crippen MR) is 92.6 cm³/mol. The van der Waals surface area contributed by atoms with E-state index in [-0.39, 0.29) is 17.9 Å². The standard InChI is InChI=1S/C18H22ClN3O2/c1-3-12(2)22(18(23)14-4-5-14)11-10-16-20-17(21-24-16)13-6-8-15(19)9-7-13/h6-9,12,14H,3-5,10-11H2,1-2H3/t12-/m0/s1. The minimum absolute atomic E-state index is 0.228. The minimum atomic E-state index is 0.228. The second-order valence-electron chi connectivity index (χ2n) is 6.33. The fourth-order valence-electron chi connectivity index (χ4n) is 2.62. The maximum atomic E-state index is 12.4. The first kappa shape index (κ1) is 17.0. The first-order valence-electron chi connectivity index (χ1n) is 8.47. The van der Waals surface area contributed by atoms with Crippen LogP contribution in [0.25, 0.3) is 11.4 Å². The first-order valence-corrected chi connectivity index (χ1v) is 8.85. The molecule has 3 rings (SSSR count). The summed E-state index contributed by atoms with van der Waals surface area (Å²) < 4.78 is 5.34. The lowest BCUT2D eigenvalue weighted by Crippen LogP contribution is -2.40. The summed E-state index contributed by atoms with van der Waals surface area (Å²) in [5.74, 6) is 1.59. The molecule has 1 saturated carbocycles. The summed E-state index contributed by atoms with van der Waals surface area (Å²) in [7, 11) is 0. The van der Waals surface area contributed by atoms with E-state index in [2.05, 4.69) is 24.0 Å². The lowest BCUT2D eigenvalue weighted by Gasteiger charge is -2.28. The maximum absolute atomic E-state index is 12.4. The van der Waals surface area contributed by atoms with Crippen LogP contribution < -0.4 is 0 Å². The van der Waals surface area contributed by atoms with Gasteiger partial charge in [0, 0.05) is 35.5 Å². The summed E-state index contributed by atoms with van der Waals surface area (Å²) in [5.41, 5.74) is 0.863. The molecule has 0 radical (unpaired) electrons. The van der Waals surface area contributed by atoms with E-state index in [9.17, 15) is 4.79 Å². The smallest absolute Gasteiger partial charge is 0.228 e. The zero-order valence-electron chi connectivity index (χ0n) is 14.0. The van der Waals surface area contributed by atoms with Gasteiger partial charge in [0.15, 0.2) is 0 Å². The Labute approximate surface area is 147 Å². The third-order valence-corrected chi connectivity index (χ3v) is 4.72. The van der Waals surface area contributed by atoms with Gasteiger partial charge in [0.05, 0.1) is 0 Å². The van der Waals surface area contributed by atoms with E-state index < -0.39 is 0 Å². The summed E-state index contributed by atoms with van der Waals surface area (Å²) >= 11 is 5.89. The molecular weight excluding hydrogens is 326 g/mol. The average Bonchev–Trinajstić information content (AvgIpc) is 3.34. The molecule has 5 nitrogen and oxygen atoms in total. The minimum Gasteiger partial charge on any atom is -0.339 e. The number of amides is 1. The van der Waals surface area contributed by atoms with E-state index >= 15 is 0 Å². The van der Waals surface area contributed by atoms with Crippen molar-refractivity contribution in [1.82, 2.24) is 15.0 Å². The van der Waals surface area contributed by atoms with E-state index in [4.69, 9.17) is 16.1 Å². The highest BCUT2D eigenvalue weighted by Crippen LogP contribution is 2.32. The van der Waals surface area contributed by atoms with Crippen molar-refractivity contribution in [3.8, 4) is 11.4 Å². The van der Waals surface area contributed by atoms with Crippen LogP contribution >= 0.6 is 11.6 Å². The topological polar surface area (TPSA) is 59.2 Å². The van der Waals surface area contributed by atoms with E-state index in [1.807, 2.05) is 17.0 Å². The number of rotatable bonds is 7. The Bertz CT molecular complexity index is 695. The number of hydrogen-bond acceptors (Lipinski definition) is 4. The summed E-state index contributed by atoms with van der Waals surface area (Å²) in [6, 6.07) is 7.55. The van der Waals surface area contributed by atoms with Gasteiger partial charge in [-0.05, 0) is 50.5 Å². The molecule has 6 heteroatoms. The molecule has 1 aliphatic carbocycles. The summed E-state index contributed by atoms with van der Waals surface area (Å²) in [6.45, 7) is 4.81. The van der Waals surface area contributed by atoms with Crippen molar-refractivity contribution in [2.75, 3.05) is 6.54 Å². The van der Waals surface area contributed by atoms with Gasteiger partial charge in [0.2, 0.25) is 17.6 Å². The number of aromatic nitrogens is 2. The van der Waals surface area contributed by atoms with Crippen molar-refractivity contribution in [3.63, 3.8) is 0 Å². The Hall–Kier alpha value is -1.88. The molecule has 2 aromatic rings. The number of hydrogen-bond donors (Lipinski definition) is 0. The fraction of sp³-hybridized carbons (Fsp3) is 0.500. The molecule has 0 bridgehead atoms. The molecule has 24 heavy (non-hydrogen) atoms. The average molecular weight is 348 g/mol. The molecule has 1 aliphatic rings. The molecule has 1 atom stereocenters. The highest BCUT2D eigenvalue weighted by Gasteiger charge is 2.34. The van der Waals surface area contributed by atoms with Crippen molar-refractivity contribution >= 4 is 17.5 Å². The number of carbonyl (C=O) groups is 1. The fourth-order valence-corrected chi connectivity index (χ4v) is 2.75. The molecule has 1 heterocycles. The predicted octanol–water partition coefficient (Wildman–Crippen LogP) is 3.97. The molecule has 0 unspecified atom stereocenters. The van der Waals surface area contributed by atoms with Crippen LogP contribution in [0.3, 0.4) is 0 Å². The molecule has 1 fully saturated rings. The van der Waals surface area contributed by atoms with Crippen LogP contribution in [0.2, 0.25) is 5.02 Å². The largest absolute Gasteiger partial charge is 0.339 e. The third-order valence-electron chi connectivity index (χ3n) is 4.47. The van der Waals surface area contributed by atoms with Crippen molar-refractivity contribution in [2.45, 2.75) is 45.6 Å². The van der Waals surface area contributed by atoms with E-state index in [0.29, 0.717) is 29.7 Å². The van der Waals surface area contributed by atoms with Gasteiger partial charge in [0.25, 0.3) is 0 Å². The van der Waals surface area contributed by atoms with Crippen LogP contribution in [0.5, 0.6) is 0 Å². The SMILES string of the molecule is CC[C@H](C)N(CCc1nc(-c2ccc(Cl)cc2)no1)C(=O)C1CC1. The Morgan fingerprint density at radius 1 is 1.38 bits per heavy atom. The Morgan fingerprint density at radius 3 is 2.71 bits per heavy atom. The number of nitrogens with zero attached hydrogens (tertiary/aromatic N) is 3. The maximum Gasteiger partial charge on any atom is 0.228 e. The van der Waals surface area contributed by atoms with Gasteiger partial charge < -0.3 is 9.42 Å². The van der Waals surface area contributed by atoms with E-state index in [1.54, 1.807) is 12.1 Å². The van der Waals surface area contributed by atoms with Crippen molar-refractivity contribution < 1.29 is 9.32 Å². The van der Waals surface area contributed by atoms with Gasteiger partial charge in [-0.3, -0.25) is 4.79 Å². The molecular formula is C18H22ClN3O2. The normalized spacial score (nSPS) is 15.3. The zero-order valence-corrected chi connectivity index (χ0v) is 14.8. The summed E-state index contributed by atoms with van der Waals surface area (Å²) in [4.78, 5) is 18.8. The highest BCUT2D eigenvalue weighted by atomic mass is 35.5. The molecule has 1 aromatic heterocycles. The molecule has 0 spiro atoms. The van der Waals surface area contributed by atoms with Gasteiger partial charge in [-0.25, -0.2) is 0 Å². The van der Waals surface area contributed by atoms with Gasteiger partial charge in [-0.1, -0.05) is 23.7 Å². The Morgan fingerprint density at radius 2 is 2.08 bits per heavy atom. The first-order chi connectivity index (χ1) is 11.6.